The van der Waals surface area contributed by atoms with E-state index in [0.717, 1.165) is 4.90 Å². The summed E-state index contributed by atoms with van der Waals surface area (Å²) in [5.74, 6) is -13.8. The normalized spacial score (nSPS) is 18.6. The molecule has 4 fully saturated rings. The molecular weight excluding hydrogens is 1320 g/mol. The Balaban J connectivity index is 1.39. The Labute approximate surface area is 587 Å². The molecule has 35 heteroatoms. The number of phenolic OH excluding ortho intramolecular Hbond substituents is 1. The number of carboxylic acids is 5. The molecule has 5 rings (SSSR count). The molecule has 564 valence electrons. The zero-order valence-corrected chi connectivity index (χ0v) is 58.5. The van der Waals surface area contributed by atoms with Crippen LogP contribution in [0.5, 0.6) is 5.75 Å². The molecule has 18 N–H and O–H groups in total. The quantitative estimate of drug-likeness (QED) is 0.0177. The predicted molar refractivity (Wildman–Crippen MR) is 364 cm³/mol. The Bertz CT molecular complexity index is 3030. The minimum Gasteiger partial charge on any atom is -0.508 e. The number of aliphatic carboxylic acids is 5. The summed E-state index contributed by atoms with van der Waals surface area (Å²) in [4.78, 5) is 185. The molecule has 8 atom stereocenters. The number of hydrogen-bond donors (Lipinski definition) is 16. The minimum absolute atomic E-state index is 0.0385. The number of nitrogens with zero attached hydrogens (tertiary/aromatic N) is 6. The molecule has 1 aromatic carbocycles. The lowest BCUT2D eigenvalue weighted by molar-refractivity contribution is -0.145. The first-order valence-electron chi connectivity index (χ1n) is 34.6. The van der Waals surface area contributed by atoms with Crippen LogP contribution < -0.4 is 48.7 Å². The van der Waals surface area contributed by atoms with E-state index in [4.69, 9.17) is 16.9 Å². The lowest BCUT2D eigenvalue weighted by atomic mass is 9.85. The number of amides is 8. The number of carbonyl (C=O) groups is 13. The van der Waals surface area contributed by atoms with E-state index in [0.29, 0.717) is 57.2 Å². The Kier molecular flexibility index (Phi) is 32.8. The van der Waals surface area contributed by atoms with Gasteiger partial charge in [-0.05, 0) is 138 Å². The standard InChI is InChI=1S/C66H106N16O19/c1-39(2)32-46(64(100)101)73-61(97)56(66(3,4)5)76-57(93)45(33-40-13-15-43(83)16-14-40)72-58(94)47-11-9-25-82(47)63(99)55(41-17-22-70-23-18-41)75-60(96)54(42-19-26-80(27-20-42)65(68)69)74-59(95)48-12-8-24-81(48)62(98)44(10-6-7-21-67)71-49(84)34-78(36-51(87)88)30-28-77(35-50(85)86)29-31-79(37-52(89)90)38-53(91)92/h13-16,39,41-42,44-48,54-56,70,83H,6-12,17-38,67H2,1-5H3,(H3,68,69)(H,71,84)(H,72,94)(H,73,97)(H,74,95)(H,75,96)(H,76,93)(H,85,86)(H,87,88)(H,89,90)(H,91,92)(H,100,101)/t44-,45+,46+,47?,48?,54+,55+,56-/m1/s1. The van der Waals surface area contributed by atoms with Crippen LogP contribution in [-0.4, -0.2) is 296 Å². The monoisotopic (exact) mass is 1430 g/mol. The second-order valence-corrected chi connectivity index (χ2v) is 28.1. The summed E-state index contributed by atoms with van der Waals surface area (Å²) in [6.45, 7) is 6.45. The van der Waals surface area contributed by atoms with E-state index in [1.807, 2.05) is 0 Å². The average molecular weight is 1430 g/mol. The fourth-order valence-corrected chi connectivity index (χ4v) is 13.3. The van der Waals surface area contributed by atoms with Crippen molar-refractivity contribution in [2.75, 3.05) is 105 Å². The number of unbranched alkanes of at least 4 members (excludes halogenated alkanes) is 1. The average Bonchev–Trinajstić information content (AvgIpc) is 1.81. The van der Waals surface area contributed by atoms with Crippen LogP contribution in [0.3, 0.4) is 0 Å². The van der Waals surface area contributed by atoms with Crippen molar-refractivity contribution in [2.24, 2.45) is 34.6 Å². The number of benzene rings is 1. The molecular formula is C66H106N16O19. The number of nitrogens with two attached hydrogens (primary N) is 2. The molecule has 0 saturated carbocycles. The zero-order chi connectivity index (χ0) is 74.8. The van der Waals surface area contributed by atoms with Crippen LogP contribution in [0.4, 0.5) is 0 Å². The van der Waals surface area contributed by atoms with Gasteiger partial charge in [-0.1, -0.05) is 46.8 Å². The number of carbonyl (C=O) groups excluding carboxylic acids is 8. The van der Waals surface area contributed by atoms with Crippen molar-refractivity contribution in [3.8, 4) is 5.75 Å². The molecule has 8 amide bonds. The van der Waals surface area contributed by atoms with Gasteiger partial charge in [0.25, 0.3) is 0 Å². The Morgan fingerprint density at radius 3 is 1.58 bits per heavy atom. The highest BCUT2D eigenvalue weighted by Gasteiger charge is 2.46. The van der Waals surface area contributed by atoms with Crippen molar-refractivity contribution in [3.05, 3.63) is 29.8 Å². The summed E-state index contributed by atoms with van der Waals surface area (Å²) in [5.41, 5.74) is 11.2. The topological polar surface area (TPSA) is 523 Å². The van der Waals surface area contributed by atoms with Gasteiger partial charge in [-0.2, -0.15) is 0 Å². The van der Waals surface area contributed by atoms with Crippen molar-refractivity contribution in [1.82, 2.24) is 66.6 Å². The largest absolute Gasteiger partial charge is 0.508 e. The summed E-state index contributed by atoms with van der Waals surface area (Å²) in [5, 5.41) is 86.3. The van der Waals surface area contributed by atoms with Crippen LogP contribution in [0, 0.1) is 28.6 Å². The summed E-state index contributed by atoms with van der Waals surface area (Å²) in [7, 11) is 0. The van der Waals surface area contributed by atoms with Gasteiger partial charge in [-0.15, -0.1) is 0 Å². The zero-order valence-electron chi connectivity index (χ0n) is 58.5. The second-order valence-electron chi connectivity index (χ2n) is 28.1. The molecule has 4 saturated heterocycles. The Morgan fingerprint density at radius 2 is 1.08 bits per heavy atom. The highest BCUT2D eigenvalue weighted by Crippen LogP contribution is 2.29. The molecule has 4 aliphatic heterocycles. The Hall–Kier alpha value is -8.80. The first-order chi connectivity index (χ1) is 47.6. The maximum absolute atomic E-state index is 15.4. The number of likely N-dealkylation sites (tertiary alicyclic amines) is 3. The van der Waals surface area contributed by atoms with Crippen molar-refractivity contribution in [1.29, 1.82) is 5.41 Å². The van der Waals surface area contributed by atoms with Crippen LogP contribution in [0.25, 0.3) is 0 Å². The van der Waals surface area contributed by atoms with Crippen LogP contribution >= 0.6 is 0 Å². The van der Waals surface area contributed by atoms with E-state index in [2.05, 4.69) is 37.2 Å². The highest BCUT2D eigenvalue weighted by atomic mass is 16.4. The van der Waals surface area contributed by atoms with Gasteiger partial charge >= 0.3 is 29.8 Å². The maximum Gasteiger partial charge on any atom is 0.326 e. The third-order valence-electron chi connectivity index (χ3n) is 18.6. The van der Waals surface area contributed by atoms with Gasteiger partial charge in [0, 0.05) is 58.8 Å². The van der Waals surface area contributed by atoms with E-state index in [1.54, 1.807) is 51.7 Å². The number of hydrogen-bond acceptors (Lipinski definition) is 20. The molecule has 4 aliphatic rings. The van der Waals surface area contributed by atoms with Gasteiger partial charge < -0.3 is 94.0 Å². The molecule has 4 heterocycles. The predicted octanol–water partition coefficient (Wildman–Crippen LogP) is -3.02. The summed E-state index contributed by atoms with van der Waals surface area (Å²) >= 11 is 0. The third-order valence-corrected chi connectivity index (χ3v) is 18.6. The third kappa shape index (κ3) is 26.9. The first kappa shape index (κ1) is 82.9. The number of piperidine rings is 2. The van der Waals surface area contributed by atoms with Crippen LogP contribution in [-0.2, 0) is 68.7 Å². The number of carboxylic acid groups (broad SMARTS) is 5. The van der Waals surface area contributed by atoms with Crippen molar-refractivity contribution in [3.63, 3.8) is 0 Å². The van der Waals surface area contributed by atoms with Gasteiger partial charge in [0.05, 0.1) is 32.7 Å². The minimum atomic E-state index is -1.39. The Morgan fingerprint density at radius 1 is 0.574 bits per heavy atom. The summed E-state index contributed by atoms with van der Waals surface area (Å²) in [6, 6.07) is -4.28. The number of phenols is 1. The SMILES string of the molecule is CC(C)C[C@H](NC(=O)[C@@H](NC(=O)[C@H](Cc1ccc(O)cc1)NC(=O)C1CCCN1C(=O)[C@@H](NC(=O)[C@@H](NC(=O)C1CCCN1C(=O)[C@@H](CCCCN)NC(=O)CN(CCN(CCN(CC(=O)O)CC(=O)O)CC(=O)O)CC(=O)O)C1CCN(C(=N)N)CC1)C1CCNCC1)C(C)(C)C)C(=O)O. The molecule has 1 aromatic rings. The molecule has 0 spiro atoms. The van der Waals surface area contributed by atoms with Crippen LogP contribution in [0.1, 0.15) is 117 Å². The molecule has 0 aliphatic carbocycles. The molecule has 35 nitrogen and oxygen atoms in total. The van der Waals surface area contributed by atoms with E-state index in [1.165, 1.54) is 31.7 Å². The van der Waals surface area contributed by atoms with Gasteiger partial charge in [0.15, 0.2) is 5.96 Å². The fraction of sp³-hybridized carbons (Fsp3) is 0.697. The number of rotatable bonds is 40. The lowest BCUT2D eigenvalue weighted by Crippen LogP contribution is -2.63. The number of guanidine groups is 1. The highest BCUT2D eigenvalue weighted by molar-refractivity contribution is 5.99. The van der Waals surface area contributed by atoms with Gasteiger partial charge in [0.1, 0.15) is 54.1 Å². The van der Waals surface area contributed by atoms with E-state index < -0.39 is 175 Å². The maximum atomic E-state index is 15.4. The first-order valence-corrected chi connectivity index (χ1v) is 34.6. The lowest BCUT2D eigenvalue weighted by Gasteiger charge is -2.39. The number of nitrogens with one attached hydrogen (secondary N) is 8. The fourth-order valence-electron chi connectivity index (χ4n) is 13.3. The molecule has 0 bridgehead atoms. The van der Waals surface area contributed by atoms with Gasteiger partial charge in [-0.3, -0.25) is 77.6 Å². The molecule has 101 heavy (non-hydrogen) atoms. The summed E-state index contributed by atoms with van der Waals surface area (Å²) < 4.78 is 0. The number of aromatic hydroxyl groups is 1. The smallest absolute Gasteiger partial charge is 0.326 e. The molecule has 0 radical (unpaired) electrons. The molecule has 2 unspecified atom stereocenters. The van der Waals surface area contributed by atoms with E-state index in [-0.39, 0.29) is 121 Å². The van der Waals surface area contributed by atoms with Gasteiger partial charge in [-0.25, -0.2) is 4.79 Å². The summed E-state index contributed by atoms with van der Waals surface area (Å²) in [6.07, 6.45) is 3.03. The van der Waals surface area contributed by atoms with Crippen molar-refractivity contribution < 1.29 is 93.0 Å². The van der Waals surface area contributed by atoms with E-state index >= 15 is 9.59 Å². The second kappa shape index (κ2) is 40.0. The molecule has 0 aromatic heterocycles. The van der Waals surface area contributed by atoms with Crippen molar-refractivity contribution >= 4 is 83.1 Å². The van der Waals surface area contributed by atoms with Gasteiger partial charge in [0.2, 0.25) is 47.3 Å². The van der Waals surface area contributed by atoms with Crippen LogP contribution in [0.2, 0.25) is 0 Å². The van der Waals surface area contributed by atoms with E-state index in [9.17, 15) is 83.4 Å². The van der Waals surface area contributed by atoms with Crippen molar-refractivity contribution in [2.45, 2.75) is 166 Å². The van der Waals surface area contributed by atoms with Crippen LogP contribution in [0.15, 0.2) is 24.3 Å².